The first kappa shape index (κ1) is 26.3. The van der Waals surface area contributed by atoms with E-state index in [1.807, 2.05) is 0 Å². The maximum Gasteiger partial charge on any atom is 0.417 e. The van der Waals surface area contributed by atoms with Crippen LogP contribution in [0.2, 0.25) is 10.0 Å². The van der Waals surface area contributed by atoms with Crippen LogP contribution in [0, 0.1) is 6.92 Å². The van der Waals surface area contributed by atoms with Gasteiger partial charge in [-0.3, -0.25) is 9.59 Å². The Morgan fingerprint density at radius 3 is 2.12 bits per heavy atom. The number of carbonyl (C=O) groups is 2. The Morgan fingerprint density at radius 2 is 1.66 bits per heavy atom. The molecule has 0 bridgehead atoms. The summed E-state index contributed by atoms with van der Waals surface area (Å²) < 4.78 is 40.8. The van der Waals surface area contributed by atoms with Crippen molar-refractivity contribution in [3.05, 3.63) is 74.8 Å². The van der Waals surface area contributed by atoms with Crippen molar-refractivity contribution in [2.75, 3.05) is 18.6 Å². The molecule has 0 aliphatic carbocycles. The molecule has 0 aromatic heterocycles. The number of alkyl halides is 3. The van der Waals surface area contributed by atoms with Crippen LogP contribution in [-0.4, -0.2) is 47.6 Å². The molecular weight excluding hydrogens is 486 g/mol. The van der Waals surface area contributed by atoms with Crippen molar-refractivity contribution in [3.8, 4) is 0 Å². The van der Waals surface area contributed by atoms with Crippen molar-refractivity contribution in [2.24, 2.45) is 0 Å². The molecule has 0 saturated carbocycles. The van der Waals surface area contributed by atoms with E-state index in [2.05, 4.69) is 5.32 Å². The molecule has 0 radical (unpaired) electrons. The maximum atomic E-state index is 13.6. The fourth-order valence-corrected chi connectivity index (χ4v) is 4.07. The molecule has 1 fully saturated rings. The SMILES string of the molecule is CO.Cc1cc(C(=O)/C=C(\c2cc(Cl)cc(Cl)c2)C(F)(F)F)ccc1C(=O)NC1CSC1. The van der Waals surface area contributed by atoms with E-state index in [9.17, 15) is 22.8 Å². The van der Waals surface area contributed by atoms with E-state index in [1.54, 1.807) is 18.7 Å². The van der Waals surface area contributed by atoms with Gasteiger partial charge >= 0.3 is 6.18 Å². The topological polar surface area (TPSA) is 66.4 Å². The van der Waals surface area contributed by atoms with Crippen molar-refractivity contribution in [3.63, 3.8) is 0 Å². The number of benzene rings is 2. The summed E-state index contributed by atoms with van der Waals surface area (Å²) in [5.74, 6) is 0.584. The number of rotatable bonds is 5. The fourth-order valence-electron chi connectivity index (χ4n) is 2.91. The summed E-state index contributed by atoms with van der Waals surface area (Å²) >= 11 is 13.4. The molecule has 0 atom stereocenters. The van der Waals surface area contributed by atoms with Gasteiger partial charge in [-0.25, -0.2) is 0 Å². The van der Waals surface area contributed by atoms with Gasteiger partial charge in [-0.15, -0.1) is 0 Å². The lowest BCUT2D eigenvalue weighted by molar-refractivity contribution is -0.0689. The first-order chi connectivity index (χ1) is 15.0. The molecule has 0 spiro atoms. The number of amides is 1. The number of hydrogen-bond acceptors (Lipinski definition) is 4. The summed E-state index contributed by atoms with van der Waals surface area (Å²) in [6, 6.07) is 7.80. The van der Waals surface area contributed by atoms with E-state index in [1.165, 1.54) is 24.3 Å². The molecule has 2 aromatic carbocycles. The zero-order chi connectivity index (χ0) is 24.1. The van der Waals surface area contributed by atoms with E-state index in [4.69, 9.17) is 28.3 Å². The largest absolute Gasteiger partial charge is 0.417 e. The Balaban J connectivity index is 0.00000176. The third-order valence-corrected chi connectivity index (χ3v) is 6.20. The predicted octanol–water partition coefficient (Wildman–Crippen LogP) is 5.58. The normalized spacial score (nSPS) is 14.2. The van der Waals surface area contributed by atoms with Gasteiger partial charge in [0, 0.05) is 45.8 Å². The Kier molecular flexibility index (Phi) is 9.21. The summed E-state index contributed by atoms with van der Waals surface area (Å²) in [6.07, 6.45) is -4.28. The molecule has 1 aliphatic rings. The minimum Gasteiger partial charge on any atom is -0.400 e. The highest BCUT2D eigenvalue weighted by Gasteiger charge is 2.35. The van der Waals surface area contributed by atoms with E-state index in [0.29, 0.717) is 17.2 Å². The van der Waals surface area contributed by atoms with Crippen molar-refractivity contribution in [1.82, 2.24) is 5.32 Å². The van der Waals surface area contributed by atoms with Gasteiger partial charge in [0.1, 0.15) is 0 Å². The molecule has 0 unspecified atom stereocenters. The summed E-state index contributed by atoms with van der Waals surface area (Å²) in [5.41, 5.74) is -0.542. The predicted molar refractivity (Wildman–Crippen MR) is 123 cm³/mol. The number of halogens is 5. The first-order valence-electron chi connectivity index (χ1n) is 9.28. The smallest absolute Gasteiger partial charge is 0.400 e. The van der Waals surface area contributed by atoms with Crippen LogP contribution in [0.3, 0.4) is 0 Å². The molecule has 1 saturated heterocycles. The zero-order valence-electron chi connectivity index (χ0n) is 17.1. The first-order valence-corrected chi connectivity index (χ1v) is 11.2. The molecule has 1 heterocycles. The van der Waals surface area contributed by atoms with Crippen LogP contribution in [0.15, 0.2) is 42.5 Å². The summed E-state index contributed by atoms with van der Waals surface area (Å²) in [5, 5.41) is 9.92. The summed E-state index contributed by atoms with van der Waals surface area (Å²) in [6.45, 7) is 1.63. The van der Waals surface area contributed by atoms with Gasteiger partial charge in [0.05, 0.1) is 5.57 Å². The minimum atomic E-state index is -4.79. The van der Waals surface area contributed by atoms with Gasteiger partial charge in [-0.1, -0.05) is 29.3 Å². The van der Waals surface area contributed by atoms with Gasteiger partial charge < -0.3 is 10.4 Å². The Labute approximate surface area is 197 Å². The van der Waals surface area contributed by atoms with Crippen LogP contribution in [0.25, 0.3) is 5.57 Å². The molecule has 10 heteroatoms. The number of hydrogen-bond donors (Lipinski definition) is 2. The lowest BCUT2D eigenvalue weighted by atomic mass is 9.98. The number of aryl methyl sites for hydroxylation is 1. The molecule has 2 N–H and O–H groups in total. The lowest BCUT2D eigenvalue weighted by Crippen LogP contribution is -2.44. The number of thioether (sulfide) groups is 1. The Morgan fingerprint density at radius 1 is 1.06 bits per heavy atom. The second-order valence-electron chi connectivity index (χ2n) is 6.82. The fraction of sp³-hybridized carbons (Fsp3) is 0.273. The monoisotopic (exact) mass is 505 g/mol. The van der Waals surface area contributed by atoms with Gasteiger partial charge in [-0.05, 0) is 54.5 Å². The van der Waals surface area contributed by atoms with E-state index < -0.39 is 17.5 Å². The van der Waals surface area contributed by atoms with Gasteiger partial charge in [0.25, 0.3) is 5.91 Å². The number of aliphatic hydroxyl groups is 1. The third kappa shape index (κ3) is 6.75. The molecule has 32 heavy (non-hydrogen) atoms. The molecular formula is C22H20Cl2F3NO3S. The Bertz CT molecular complexity index is 1020. The average Bonchev–Trinajstić information content (AvgIpc) is 2.68. The summed E-state index contributed by atoms with van der Waals surface area (Å²) in [4.78, 5) is 24.9. The van der Waals surface area contributed by atoms with Crippen LogP contribution in [-0.2, 0) is 0 Å². The van der Waals surface area contributed by atoms with Gasteiger partial charge in [0.2, 0.25) is 0 Å². The lowest BCUT2D eigenvalue weighted by Gasteiger charge is -2.26. The molecule has 1 amide bonds. The molecule has 1 aliphatic heterocycles. The van der Waals surface area contributed by atoms with E-state index in [0.717, 1.165) is 30.7 Å². The van der Waals surface area contributed by atoms with E-state index >= 15 is 0 Å². The molecule has 2 aromatic rings. The second kappa shape index (κ2) is 11.2. The number of ketones is 1. The van der Waals surface area contributed by atoms with Gasteiger partial charge in [0.15, 0.2) is 5.78 Å². The molecule has 172 valence electrons. The minimum absolute atomic E-state index is 0.0242. The third-order valence-electron chi connectivity index (χ3n) is 4.48. The van der Waals surface area contributed by atoms with Crippen molar-refractivity contribution < 1.29 is 27.9 Å². The second-order valence-corrected chi connectivity index (χ2v) is 8.76. The van der Waals surface area contributed by atoms with Crippen molar-refractivity contribution >= 4 is 52.2 Å². The van der Waals surface area contributed by atoms with Crippen LogP contribution < -0.4 is 5.32 Å². The zero-order valence-corrected chi connectivity index (χ0v) is 19.4. The van der Waals surface area contributed by atoms with Crippen LogP contribution in [0.1, 0.15) is 31.8 Å². The Hall–Kier alpha value is -2.00. The molecule has 4 nitrogen and oxygen atoms in total. The molecule has 3 rings (SSSR count). The van der Waals surface area contributed by atoms with Crippen LogP contribution in [0.5, 0.6) is 0 Å². The highest BCUT2D eigenvalue weighted by atomic mass is 35.5. The highest BCUT2D eigenvalue weighted by Crippen LogP contribution is 2.36. The summed E-state index contributed by atoms with van der Waals surface area (Å²) in [7, 11) is 1.00. The maximum absolute atomic E-state index is 13.6. The van der Waals surface area contributed by atoms with Crippen molar-refractivity contribution in [2.45, 2.75) is 19.1 Å². The number of carbonyl (C=O) groups excluding carboxylic acids is 2. The number of allylic oxidation sites excluding steroid dienone is 2. The average molecular weight is 506 g/mol. The quantitative estimate of drug-likeness (QED) is 0.410. The number of aliphatic hydroxyl groups excluding tert-OH is 1. The van der Waals surface area contributed by atoms with Gasteiger partial charge in [-0.2, -0.15) is 24.9 Å². The van der Waals surface area contributed by atoms with Crippen LogP contribution in [0.4, 0.5) is 13.2 Å². The standard InChI is InChI=1S/C21H16Cl2F3NO2S.CH4O/c1-11-4-12(2-3-17(11)20(29)27-16-9-30-10-16)19(28)8-18(21(24,25)26)13-5-14(22)7-15(23)6-13;1-2/h2-8,16H,9-10H2,1H3,(H,27,29);2H,1H3/b18-8+;. The van der Waals surface area contributed by atoms with Crippen molar-refractivity contribution in [1.29, 1.82) is 0 Å². The highest BCUT2D eigenvalue weighted by molar-refractivity contribution is 8.00. The van der Waals surface area contributed by atoms with E-state index in [-0.39, 0.29) is 33.1 Å². The number of nitrogens with one attached hydrogen (secondary N) is 1. The van der Waals surface area contributed by atoms with Crippen LogP contribution >= 0.6 is 35.0 Å².